The van der Waals surface area contributed by atoms with Crippen molar-refractivity contribution in [3.63, 3.8) is 0 Å². The van der Waals surface area contributed by atoms with E-state index in [0.717, 1.165) is 42.8 Å². The molecule has 1 fully saturated rings. The van der Waals surface area contributed by atoms with E-state index in [4.69, 9.17) is 0 Å². The minimum atomic E-state index is -0.618. The summed E-state index contributed by atoms with van der Waals surface area (Å²) in [5, 5.41) is 4.37. The molecule has 1 saturated heterocycles. The highest BCUT2D eigenvalue weighted by molar-refractivity contribution is 6.08. The van der Waals surface area contributed by atoms with E-state index in [2.05, 4.69) is 12.0 Å². The molecule has 2 amide bonds. The molecule has 0 bridgehead atoms. The molecule has 142 valence electrons. The number of piperidine rings is 1. The minimum Gasteiger partial charge on any atom is -0.337 e. The van der Waals surface area contributed by atoms with Gasteiger partial charge in [-0.2, -0.15) is 5.10 Å². The lowest BCUT2D eigenvalue weighted by atomic mass is 9.75. The molecular formula is C21H26N4O2. The smallest absolute Gasteiger partial charge is 0.257 e. The van der Waals surface area contributed by atoms with Gasteiger partial charge in [-0.25, -0.2) is 0 Å². The lowest BCUT2D eigenvalue weighted by Gasteiger charge is -2.39. The van der Waals surface area contributed by atoms with Gasteiger partial charge in [0.05, 0.1) is 17.2 Å². The van der Waals surface area contributed by atoms with Gasteiger partial charge in [0.1, 0.15) is 0 Å². The molecular weight excluding hydrogens is 340 g/mol. The third-order valence-electron chi connectivity index (χ3n) is 6.04. The van der Waals surface area contributed by atoms with Crippen molar-refractivity contribution in [1.82, 2.24) is 14.7 Å². The summed E-state index contributed by atoms with van der Waals surface area (Å²) in [4.78, 5) is 30.0. The minimum absolute atomic E-state index is 0.0197. The summed E-state index contributed by atoms with van der Waals surface area (Å²) < 4.78 is 1.89. The summed E-state index contributed by atoms with van der Waals surface area (Å²) in [6.07, 6.45) is 4.25. The van der Waals surface area contributed by atoms with Gasteiger partial charge in [-0.3, -0.25) is 14.3 Å². The number of likely N-dealkylation sites (N-methyl/N-ethyl adjacent to an activating group) is 1. The monoisotopic (exact) mass is 366 g/mol. The van der Waals surface area contributed by atoms with Crippen LogP contribution in [0.25, 0.3) is 0 Å². The first kappa shape index (κ1) is 17.8. The Balaban J connectivity index is 1.66. The normalized spacial score (nSPS) is 21.8. The topological polar surface area (TPSA) is 58.4 Å². The number of amides is 2. The average molecular weight is 366 g/mol. The van der Waals surface area contributed by atoms with Gasteiger partial charge in [0.15, 0.2) is 0 Å². The number of hydrogen-bond acceptors (Lipinski definition) is 3. The quantitative estimate of drug-likeness (QED) is 0.839. The molecule has 4 rings (SSSR count). The molecule has 2 aliphatic rings. The predicted molar refractivity (Wildman–Crippen MR) is 104 cm³/mol. The molecule has 1 aromatic carbocycles. The zero-order valence-corrected chi connectivity index (χ0v) is 16.2. The number of carbonyl (C=O) groups is 2. The number of fused-ring (bicyclic) bond motifs is 2. The van der Waals surface area contributed by atoms with Crippen molar-refractivity contribution in [2.24, 2.45) is 0 Å². The highest BCUT2D eigenvalue weighted by atomic mass is 16.2. The summed E-state index contributed by atoms with van der Waals surface area (Å²) >= 11 is 0. The first-order valence-corrected chi connectivity index (χ1v) is 9.69. The number of rotatable bonds is 3. The number of aromatic nitrogens is 2. The van der Waals surface area contributed by atoms with E-state index in [9.17, 15) is 9.59 Å². The lowest BCUT2D eigenvalue weighted by Crippen LogP contribution is -2.53. The predicted octanol–water partition coefficient (Wildman–Crippen LogP) is 2.75. The summed E-state index contributed by atoms with van der Waals surface area (Å²) in [6, 6.07) is 7.96. The Morgan fingerprint density at radius 3 is 2.85 bits per heavy atom. The van der Waals surface area contributed by atoms with Crippen molar-refractivity contribution in [2.75, 3.05) is 25.0 Å². The van der Waals surface area contributed by atoms with Crippen LogP contribution < -0.4 is 4.90 Å². The highest BCUT2D eigenvalue weighted by Crippen LogP contribution is 2.46. The van der Waals surface area contributed by atoms with Crippen LogP contribution in [0.15, 0.2) is 30.5 Å². The van der Waals surface area contributed by atoms with Crippen molar-refractivity contribution >= 4 is 17.5 Å². The second kappa shape index (κ2) is 6.51. The van der Waals surface area contributed by atoms with Crippen LogP contribution in [-0.2, 0) is 16.8 Å². The Labute approximate surface area is 159 Å². The van der Waals surface area contributed by atoms with Gasteiger partial charge in [-0.15, -0.1) is 0 Å². The first-order chi connectivity index (χ1) is 13.0. The molecule has 6 nitrogen and oxygen atoms in total. The van der Waals surface area contributed by atoms with E-state index in [1.807, 2.05) is 47.8 Å². The largest absolute Gasteiger partial charge is 0.337 e. The van der Waals surface area contributed by atoms with Crippen molar-refractivity contribution in [2.45, 2.75) is 45.1 Å². The number of para-hydroxylation sites is 1. The molecule has 0 unspecified atom stereocenters. The van der Waals surface area contributed by atoms with E-state index >= 15 is 0 Å². The van der Waals surface area contributed by atoms with Crippen LogP contribution in [0.4, 0.5) is 5.69 Å². The van der Waals surface area contributed by atoms with Crippen molar-refractivity contribution in [3.8, 4) is 0 Å². The maximum atomic E-state index is 13.2. The average Bonchev–Trinajstić information content (AvgIpc) is 3.15. The van der Waals surface area contributed by atoms with Crippen molar-refractivity contribution in [1.29, 1.82) is 0 Å². The zero-order chi connectivity index (χ0) is 19.2. The summed E-state index contributed by atoms with van der Waals surface area (Å²) in [5.41, 5.74) is 2.94. The van der Waals surface area contributed by atoms with Gasteiger partial charge < -0.3 is 9.80 Å². The lowest BCUT2D eigenvalue weighted by molar-refractivity contribution is -0.124. The van der Waals surface area contributed by atoms with Crippen LogP contribution in [0.5, 0.6) is 0 Å². The maximum Gasteiger partial charge on any atom is 0.257 e. The fourth-order valence-electron chi connectivity index (χ4n) is 4.60. The van der Waals surface area contributed by atoms with Crippen LogP contribution in [-0.4, -0.2) is 46.6 Å². The SMILES string of the molecule is CCCn1ncc(C(=O)N2CCC[C@]3(C2)C(=O)N(C)c2ccccc23)c1C. The highest BCUT2D eigenvalue weighted by Gasteiger charge is 2.52. The molecule has 1 atom stereocenters. The van der Waals surface area contributed by atoms with Crippen molar-refractivity contribution in [3.05, 3.63) is 47.3 Å². The van der Waals surface area contributed by atoms with Gasteiger partial charge in [0.25, 0.3) is 5.91 Å². The van der Waals surface area contributed by atoms with Crippen LogP contribution in [0.2, 0.25) is 0 Å². The number of hydrogen-bond donors (Lipinski definition) is 0. The van der Waals surface area contributed by atoms with Gasteiger partial charge in [0, 0.05) is 38.1 Å². The Morgan fingerprint density at radius 1 is 1.30 bits per heavy atom. The second-order valence-electron chi connectivity index (χ2n) is 7.66. The molecule has 27 heavy (non-hydrogen) atoms. The third-order valence-corrected chi connectivity index (χ3v) is 6.04. The number of nitrogens with zero attached hydrogens (tertiary/aromatic N) is 4. The number of likely N-dealkylation sites (tertiary alicyclic amines) is 1. The Kier molecular flexibility index (Phi) is 4.29. The van der Waals surface area contributed by atoms with E-state index in [-0.39, 0.29) is 11.8 Å². The standard InChI is InChI=1S/C21H26N4O2/c1-4-11-25-15(2)16(13-22-25)19(26)24-12-7-10-21(14-24)17-8-5-6-9-18(17)23(3)20(21)27/h5-6,8-9,13H,4,7,10-12,14H2,1-3H3/t21-/m1/s1. The van der Waals surface area contributed by atoms with Gasteiger partial charge in [-0.1, -0.05) is 25.1 Å². The molecule has 6 heteroatoms. The molecule has 2 aromatic rings. The van der Waals surface area contributed by atoms with E-state index in [1.54, 1.807) is 11.1 Å². The molecule has 0 aliphatic carbocycles. The van der Waals surface area contributed by atoms with E-state index < -0.39 is 5.41 Å². The Hall–Kier alpha value is -2.63. The van der Waals surface area contributed by atoms with Gasteiger partial charge in [0.2, 0.25) is 5.91 Å². The number of carbonyl (C=O) groups excluding carboxylic acids is 2. The Bertz CT molecular complexity index is 903. The molecule has 0 radical (unpaired) electrons. The molecule has 2 aliphatic heterocycles. The number of anilines is 1. The fraction of sp³-hybridized carbons (Fsp3) is 0.476. The molecule has 0 N–H and O–H groups in total. The first-order valence-electron chi connectivity index (χ1n) is 9.69. The van der Waals surface area contributed by atoms with Crippen LogP contribution in [0.1, 0.15) is 47.8 Å². The van der Waals surface area contributed by atoms with Crippen LogP contribution in [0, 0.1) is 6.92 Å². The van der Waals surface area contributed by atoms with Crippen LogP contribution >= 0.6 is 0 Å². The van der Waals surface area contributed by atoms with Gasteiger partial charge >= 0.3 is 0 Å². The number of aryl methyl sites for hydroxylation is 1. The summed E-state index contributed by atoms with van der Waals surface area (Å²) in [7, 11) is 1.83. The van der Waals surface area contributed by atoms with Crippen LogP contribution in [0.3, 0.4) is 0 Å². The number of benzene rings is 1. The maximum absolute atomic E-state index is 13.2. The molecule has 1 spiro atoms. The van der Waals surface area contributed by atoms with Crippen molar-refractivity contribution < 1.29 is 9.59 Å². The summed E-state index contributed by atoms with van der Waals surface area (Å²) in [6.45, 7) is 5.96. The fourth-order valence-corrected chi connectivity index (χ4v) is 4.60. The molecule has 1 aromatic heterocycles. The van der Waals surface area contributed by atoms with Gasteiger partial charge in [-0.05, 0) is 37.8 Å². The van der Waals surface area contributed by atoms with E-state index in [1.165, 1.54) is 0 Å². The summed E-state index contributed by atoms with van der Waals surface area (Å²) in [5.74, 6) is 0.0772. The second-order valence-corrected chi connectivity index (χ2v) is 7.66. The molecule has 0 saturated carbocycles. The third kappa shape index (κ3) is 2.58. The van der Waals surface area contributed by atoms with E-state index in [0.29, 0.717) is 18.7 Å². The Morgan fingerprint density at radius 2 is 2.07 bits per heavy atom. The zero-order valence-electron chi connectivity index (χ0n) is 16.2. The molecule has 3 heterocycles.